The van der Waals surface area contributed by atoms with E-state index in [-0.39, 0.29) is 12.1 Å². The molecule has 0 aliphatic carbocycles. The van der Waals surface area contributed by atoms with Gasteiger partial charge in [-0.3, -0.25) is 4.79 Å². The molecule has 26 heavy (non-hydrogen) atoms. The van der Waals surface area contributed by atoms with Crippen LogP contribution >= 0.6 is 0 Å². The van der Waals surface area contributed by atoms with E-state index in [2.05, 4.69) is 10.6 Å². The highest BCUT2D eigenvalue weighted by molar-refractivity contribution is 5.93. The van der Waals surface area contributed by atoms with E-state index in [9.17, 15) is 18.8 Å². The Morgan fingerprint density at radius 1 is 1.04 bits per heavy atom. The number of ether oxygens (including phenoxy) is 1. The van der Waals surface area contributed by atoms with E-state index in [4.69, 9.17) is 10.5 Å². The number of nitrogens with one attached hydrogen (secondary N) is 2. The summed E-state index contributed by atoms with van der Waals surface area (Å²) in [7, 11) is 0. The lowest BCUT2D eigenvalue weighted by Gasteiger charge is -2.16. The molecule has 0 aliphatic rings. The van der Waals surface area contributed by atoms with Crippen LogP contribution in [0.4, 0.5) is 14.9 Å². The van der Waals surface area contributed by atoms with Crippen molar-refractivity contribution in [3.8, 4) is 0 Å². The first-order chi connectivity index (χ1) is 12.5. The van der Waals surface area contributed by atoms with Crippen molar-refractivity contribution in [1.29, 1.82) is 0 Å². The van der Waals surface area contributed by atoms with Gasteiger partial charge in [0, 0.05) is 6.42 Å². The Hall–Kier alpha value is -3.42. The Balaban J connectivity index is 1.92. The van der Waals surface area contributed by atoms with Crippen molar-refractivity contribution in [3.63, 3.8) is 0 Å². The summed E-state index contributed by atoms with van der Waals surface area (Å²) in [5.41, 5.74) is 5.83. The van der Waals surface area contributed by atoms with Crippen LogP contribution in [0.5, 0.6) is 0 Å². The third-order valence-corrected chi connectivity index (χ3v) is 3.38. The lowest BCUT2D eigenvalue weighted by Crippen LogP contribution is -2.46. The van der Waals surface area contributed by atoms with Gasteiger partial charge in [0.15, 0.2) is 6.61 Å². The molecule has 1 atom stereocenters. The van der Waals surface area contributed by atoms with Crippen LogP contribution in [0.25, 0.3) is 0 Å². The first kappa shape index (κ1) is 18.9. The third kappa shape index (κ3) is 5.90. The summed E-state index contributed by atoms with van der Waals surface area (Å²) in [5, 5.41) is 4.58. The van der Waals surface area contributed by atoms with E-state index >= 15 is 0 Å². The molecule has 8 heteroatoms. The summed E-state index contributed by atoms with van der Waals surface area (Å²) in [4.78, 5) is 35.1. The fraction of sp³-hybridized carbons (Fsp3) is 0.167. The van der Waals surface area contributed by atoms with Gasteiger partial charge in [-0.2, -0.15) is 0 Å². The molecule has 0 heterocycles. The minimum absolute atomic E-state index is 0.0235. The number of halogens is 1. The number of benzene rings is 2. The number of urea groups is 1. The smallest absolute Gasteiger partial charge is 0.329 e. The van der Waals surface area contributed by atoms with Crippen molar-refractivity contribution in [2.75, 3.05) is 11.9 Å². The Bertz CT molecular complexity index is 783. The molecule has 0 fully saturated rings. The van der Waals surface area contributed by atoms with Crippen molar-refractivity contribution >= 4 is 23.6 Å². The van der Waals surface area contributed by atoms with Crippen molar-refractivity contribution < 1.29 is 23.5 Å². The first-order valence-corrected chi connectivity index (χ1v) is 7.76. The van der Waals surface area contributed by atoms with E-state index in [1.807, 2.05) is 6.07 Å². The van der Waals surface area contributed by atoms with Gasteiger partial charge in [-0.25, -0.2) is 14.0 Å². The molecule has 0 saturated heterocycles. The van der Waals surface area contributed by atoms with Crippen LogP contribution in [-0.4, -0.2) is 30.6 Å². The standard InChI is InChI=1S/C18H18FN3O4/c19-13-8-4-5-9-14(13)21-16(23)11-26-17(24)15(22-18(20)25)10-12-6-2-1-3-7-12/h1-9,15H,10-11H2,(H,21,23)(H3,20,22,25)/t15-/m0/s1. The number of hydrogen-bond acceptors (Lipinski definition) is 4. The highest BCUT2D eigenvalue weighted by atomic mass is 19.1. The van der Waals surface area contributed by atoms with Gasteiger partial charge in [0.25, 0.3) is 5.91 Å². The Kier molecular flexibility index (Phi) is 6.67. The van der Waals surface area contributed by atoms with Crippen molar-refractivity contribution in [1.82, 2.24) is 5.32 Å². The second-order valence-corrected chi connectivity index (χ2v) is 5.39. The summed E-state index contributed by atoms with van der Waals surface area (Å²) in [6, 6.07) is 12.6. The fourth-order valence-electron chi connectivity index (χ4n) is 2.20. The number of para-hydroxylation sites is 1. The van der Waals surface area contributed by atoms with Crippen LogP contribution in [0.3, 0.4) is 0 Å². The number of anilines is 1. The molecule has 136 valence electrons. The average molecular weight is 359 g/mol. The van der Waals surface area contributed by atoms with E-state index in [0.29, 0.717) is 0 Å². The summed E-state index contributed by atoms with van der Waals surface area (Å²) in [5.74, 6) is -2.14. The zero-order chi connectivity index (χ0) is 18.9. The predicted molar refractivity (Wildman–Crippen MR) is 92.6 cm³/mol. The molecular weight excluding hydrogens is 341 g/mol. The monoisotopic (exact) mass is 359 g/mol. The maximum absolute atomic E-state index is 13.5. The van der Waals surface area contributed by atoms with E-state index in [0.717, 1.165) is 5.56 Å². The normalized spacial score (nSPS) is 11.3. The lowest BCUT2D eigenvalue weighted by atomic mass is 10.1. The van der Waals surface area contributed by atoms with Gasteiger partial charge < -0.3 is 21.1 Å². The van der Waals surface area contributed by atoms with E-state index in [1.54, 1.807) is 30.3 Å². The molecule has 7 nitrogen and oxygen atoms in total. The Labute approximate surface area is 149 Å². The largest absolute Gasteiger partial charge is 0.454 e. The molecule has 0 unspecified atom stereocenters. The van der Waals surface area contributed by atoms with Gasteiger partial charge in [0.1, 0.15) is 11.9 Å². The second kappa shape index (κ2) is 9.16. The Morgan fingerprint density at radius 3 is 2.35 bits per heavy atom. The number of hydrogen-bond donors (Lipinski definition) is 3. The summed E-state index contributed by atoms with van der Waals surface area (Å²) < 4.78 is 18.4. The SMILES string of the molecule is NC(=O)N[C@@H](Cc1ccccc1)C(=O)OCC(=O)Nc1ccccc1F. The minimum Gasteiger partial charge on any atom is -0.454 e. The van der Waals surface area contributed by atoms with Crippen LogP contribution in [0.15, 0.2) is 54.6 Å². The van der Waals surface area contributed by atoms with Gasteiger partial charge in [-0.05, 0) is 17.7 Å². The Morgan fingerprint density at radius 2 is 1.69 bits per heavy atom. The number of nitrogens with two attached hydrogens (primary N) is 1. The van der Waals surface area contributed by atoms with Gasteiger partial charge in [0.05, 0.1) is 5.69 Å². The lowest BCUT2D eigenvalue weighted by molar-refractivity contribution is -0.149. The van der Waals surface area contributed by atoms with E-state index in [1.165, 1.54) is 18.2 Å². The predicted octanol–water partition coefficient (Wildman–Crippen LogP) is 1.59. The van der Waals surface area contributed by atoms with Gasteiger partial charge >= 0.3 is 12.0 Å². The average Bonchev–Trinajstić information content (AvgIpc) is 2.61. The van der Waals surface area contributed by atoms with Gasteiger partial charge in [0.2, 0.25) is 0 Å². The van der Waals surface area contributed by atoms with Gasteiger partial charge in [-0.15, -0.1) is 0 Å². The zero-order valence-corrected chi connectivity index (χ0v) is 13.8. The first-order valence-electron chi connectivity index (χ1n) is 7.76. The molecule has 0 saturated carbocycles. The molecule has 2 aromatic rings. The summed E-state index contributed by atoms with van der Waals surface area (Å²) >= 11 is 0. The maximum atomic E-state index is 13.5. The van der Waals surface area contributed by atoms with Crippen LogP contribution in [0.2, 0.25) is 0 Å². The topological polar surface area (TPSA) is 111 Å². The number of amides is 3. The van der Waals surface area contributed by atoms with Crippen molar-refractivity contribution in [2.45, 2.75) is 12.5 Å². The molecule has 0 spiro atoms. The molecule has 0 bridgehead atoms. The summed E-state index contributed by atoms with van der Waals surface area (Å²) in [6.45, 7) is -0.626. The molecular formula is C18H18FN3O4. The number of carbonyl (C=O) groups excluding carboxylic acids is 3. The van der Waals surface area contributed by atoms with Crippen LogP contribution in [-0.2, 0) is 20.7 Å². The van der Waals surface area contributed by atoms with Crippen LogP contribution in [0.1, 0.15) is 5.56 Å². The van der Waals surface area contributed by atoms with E-state index < -0.39 is 36.4 Å². The second-order valence-electron chi connectivity index (χ2n) is 5.39. The molecule has 4 N–H and O–H groups in total. The highest BCUT2D eigenvalue weighted by Crippen LogP contribution is 2.12. The number of esters is 1. The number of primary amides is 1. The molecule has 0 aliphatic heterocycles. The zero-order valence-electron chi connectivity index (χ0n) is 13.8. The minimum atomic E-state index is -1.05. The van der Waals surface area contributed by atoms with Crippen molar-refractivity contribution in [2.24, 2.45) is 5.73 Å². The highest BCUT2D eigenvalue weighted by Gasteiger charge is 2.23. The van der Waals surface area contributed by atoms with Gasteiger partial charge in [-0.1, -0.05) is 42.5 Å². The number of rotatable bonds is 7. The maximum Gasteiger partial charge on any atom is 0.329 e. The molecule has 2 aromatic carbocycles. The summed E-state index contributed by atoms with van der Waals surface area (Å²) in [6.07, 6.45) is 0.150. The quantitative estimate of drug-likeness (QED) is 0.652. The third-order valence-electron chi connectivity index (χ3n) is 3.38. The molecule has 2 rings (SSSR count). The fourth-order valence-corrected chi connectivity index (χ4v) is 2.20. The van der Waals surface area contributed by atoms with Crippen LogP contribution in [0, 0.1) is 5.82 Å². The van der Waals surface area contributed by atoms with Crippen LogP contribution < -0.4 is 16.4 Å². The van der Waals surface area contributed by atoms with Crippen molar-refractivity contribution in [3.05, 3.63) is 66.0 Å². The molecule has 0 radical (unpaired) electrons. The molecule has 0 aromatic heterocycles. The molecule has 3 amide bonds. The number of carbonyl (C=O) groups is 3.